The van der Waals surface area contributed by atoms with Crippen LogP contribution in [0.25, 0.3) is 0 Å². The molecule has 128 valence electrons. The molecule has 1 aliphatic carbocycles. The number of ether oxygens (including phenoxy) is 1. The molecule has 0 unspecified atom stereocenters. The Bertz CT molecular complexity index is 520. The Hall–Kier alpha value is -1.44. The van der Waals surface area contributed by atoms with Crippen molar-refractivity contribution in [2.45, 2.75) is 38.2 Å². The quantitative estimate of drug-likeness (QED) is 0.673. The van der Waals surface area contributed by atoms with E-state index in [1.807, 2.05) is 0 Å². The van der Waals surface area contributed by atoms with Crippen LogP contribution in [0.5, 0.6) is 5.88 Å². The van der Waals surface area contributed by atoms with Gasteiger partial charge in [-0.1, -0.05) is 0 Å². The third-order valence-corrected chi connectivity index (χ3v) is 4.43. The zero-order valence-corrected chi connectivity index (χ0v) is 13.5. The Morgan fingerprint density at radius 3 is 2.74 bits per heavy atom. The Morgan fingerprint density at radius 1 is 1.17 bits per heavy atom. The number of aliphatic hydroxyl groups is 2. The molecular formula is C16H26N4O3. The molecule has 23 heavy (non-hydrogen) atoms. The lowest BCUT2D eigenvalue weighted by Crippen LogP contribution is -2.44. The summed E-state index contributed by atoms with van der Waals surface area (Å²) >= 11 is 0. The van der Waals surface area contributed by atoms with E-state index in [4.69, 9.17) is 14.8 Å². The molecule has 0 bridgehead atoms. The SMILES string of the molecule is OC[C@@H](O)CCOc1nc(N2CCNCC2)nc2c1CCCC2. The fraction of sp³-hybridized carbons (Fsp3) is 0.750. The molecule has 3 N–H and O–H groups in total. The first kappa shape index (κ1) is 16.4. The number of nitrogens with zero attached hydrogens (tertiary/aromatic N) is 3. The van der Waals surface area contributed by atoms with Gasteiger partial charge in [-0.2, -0.15) is 4.98 Å². The predicted octanol–water partition coefficient (Wildman–Crippen LogP) is -0.113. The highest BCUT2D eigenvalue weighted by molar-refractivity contribution is 5.42. The summed E-state index contributed by atoms with van der Waals surface area (Å²) in [6.45, 7) is 3.81. The van der Waals surface area contributed by atoms with Crippen LogP contribution in [0.1, 0.15) is 30.5 Å². The lowest BCUT2D eigenvalue weighted by Gasteiger charge is -2.29. The minimum Gasteiger partial charge on any atom is -0.477 e. The van der Waals surface area contributed by atoms with Crippen molar-refractivity contribution in [2.24, 2.45) is 0 Å². The molecule has 0 saturated carbocycles. The van der Waals surface area contributed by atoms with Crippen LogP contribution >= 0.6 is 0 Å². The van der Waals surface area contributed by atoms with E-state index in [1.54, 1.807) is 0 Å². The van der Waals surface area contributed by atoms with Gasteiger partial charge in [-0.15, -0.1) is 0 Å². The van der Waals surface area contributed by atoms with E-state index in [1.165, 1.54) is 0 Å². The number of fused-ring (bicyclic) bond motifs is 1. The third kappa shape index (κ3) is 4.10. The number of aromatic nitrogens is 2. The molecule has 0 aromatic carbocycles. The zero-order valence-electron chi connectivity index (χ0n) is 13.5. The topological polar surface area (TPSA) is 90.7 Å². The average molecular weight is 322 g/mol. The highest BCUT2D eigenvalue weighted by Crippen LogP contribution is 2.29. The van der Waals surface area contributed by atoms with Gasteiger partial charge < -0.3 is 25.2 Å². The molecule has 1 fully saturated rings. The fourth-order valence-corrected chi connectivity index (χ4v) is 3.06. The summed E-state index contributed by atoms with van der Waals surface area (Å²) in [6, 6.07) is 0. The van der Waals surface area contributed by atoms with Gasteiger partial charge in [0.05, 0.1) is 25.0 Å². The number of aliphatic hydroxyl groups excluding tert-OH is 2. The average Bonchev–Trinajstić information content (AvgIpc) is 2.62. The lowest BCUT2D eigenvalue weighted by atomic mass is 9.97. The van der Waals surface area contributed by atoms with Gasteiger partial charge >= 0.3 is 0 Å². The van der Waals surface area contributed by atoms with Crippen LogP contribution in [-0.4, -0.2) is 65.7 Å². The molecule has 3 rings (SSSR count). The van der Waals surface area contributed by atoms with Crippen LogP contribution in [0, 0.1) is 0 Å². The Labute approximate surface area is 136 Å². The van der Waals surface area contributed by atoms with E-state index in [0.717, 1.165) is 69.1 Å². The number of nitrogens with one attached hydrogen (secondary N) is 1. The van der Waals surface area contributed by atoms with E-state index < -0.39 is 6.10 Å². The molecule has 0 radical (unpaired) electrons. The van der Waals surface area contributed by atoms with Crippen LogP contribution in [0.4, 0.5) is 5.95 Å². The maximum absolute atomic E-state index is 9.45. The van der Waals surface area contributed by atoms with Gasteiger partial charge in [0, 0.05) is 38.2 Å². The Balaban J connectivity index is 1.77. The van der Waals surface area contributed by atoms with Crippen molar-refractivity contribution in [3.05, 3.63) is 11.3 Å². The molecule has 0 amide bonds. The van der Waals surface area contributed by atoms with Crippen molar-refractivity contribution in [1.29, 1.82) is 0 Å². The predicted molar refractivity (Wildman–Crippen MR) is 87.0 cm³/mol. The third-order valence-electron chi connectivity index (χ3n) is 4.43. The van der Waals surface area contributed by atoms with Crippen LogP contribution < -0.4 is 15.0 Å². The van der Waals surface area contributed by atoms with Gasteiger partial charge in [-0.25, -0.2) is 4.98 Å². The molecule has 1 saturated heterocycles. The molecule has 1 aromatic heterocycles. The number of piperazine rings is 1. The van der Waals surface area contributed by atoms with Gasteiger partial charge in [0.1, 0.15) is 0 Å². The Morgan fingerprint density at radius 2 is 1.96 bits per heavy atom. The first-order chi connectivity index (χ1) is 11.3. The van der Waals surface area contributed by atoms with Gasteiger partial charge in [-0.3, -0.25) is 0 Å². The van der Waals surface area contributed by atoms with Crippen LogP contribution in [-0.2, 0) is 12.8 Å². The van der Waals surface area contributed by atoms with Crippen LogP contribution in [0.3, 0.4) is 0 Å². The second-order valence-electron chi connectivity index (χ2n) is 6.17. The summed E-state index contributed by atoms with van der Waals surface area (Å²) in [4.78, 5) is 11.6. The van der Waals surface area contributed by atoms with Gasteiger partial charge in [0.15, 0.2) is 0 Å². The highest BCUT2D eigenvalue weighted by atomic mass is 16.5. The van der Waals surface area contributed by atoms with Crippen molar-refractivity contribution in [3.63, 3.8) is 0 Å². The van der Waals surface area contributed by atoms with Crippen molar-refractivity contribution in [1.82, 2.24) is 15.3 Å². The second-order valence-corrected chi connectivity index (χ2v) is 6.17. The molecule has 7 heteroatoms. The fourth-order valence-electron chi connectivity index (χ4n) is 3.06. The first-order valence-corrected chi connectivity index (χ1v) is 8.55. The molecule has 1 aromatic rings. The van der Waals surface area contributed by atoms with Crippen molar-refractivity contribution < 1.29 is 14.9 Å². The molecule has 1 atom stereocenters. The van der Waals surface area contributed by atoms with E-state index >= 15 is 0 Å². The summed E-state index contributed by atoms with van der Waals surface area (Å²) in [5, 5.41) is 21.7. The number of aryl methyl sites for hydroxylation is 1. The summed E-state index contributed by atoms with van der Waals surface area (Å²) < 4.78 is 5.84. The second kappa shape index (κ2) is 7.90. The van der Waals surface area contributed by atoms with E-state index in [9.17, 15) is 5.11 Å². The van der Waals surface area contributed by atoms with E-state index in [-0.39, 0.29) is 6.61 Å². The van der Waals surface area contributed by atoms with E-state index in [0.29, 0.717) is 18.9 Å². The molecule has 2 aliphatic rings. The maximum Gasteiger partial charge on any atom is 0.228 e. The number of rotatable bonds is 6. The van der Waals surface area contributed by atoms with E-state index in [2.05, 4.69) is 15.2 Å². The lowest BCUT2D eigenvalue weighted by molar-refractivity contribution is 0.0746. The normalized spacial score (nSPS) is 19.3. The van der Waals surface area contributed by atoms with Gasteiger partial charge in [0.25, 0.3) is 0 Å². The van der Waals surface area contributed by atoms with Crippen LogP contribution in [0.15, 0.2) is 0 Å². The van der Waals surface area contributed by atoms with Crippen molar-refractivity contribution in [2.75, 3.05) is 44.3 Å². The smallest absolute Gasteiger partial charge is 0.228 e. The number of hydrogen-bond acceptors (Lipinski definition) is 7. The summed E-state index contributed by atoms with van der Waals surface area (Å²) in [7, 11) is 0. The highest BCUT2D eigenvalue weighted by Gasteiger charge is 2.22. The van der Waals surface area contributed by atoms with Crippen molar-refractivity contribution in [3.8, 4) is 5.88 Å². The summed E-state index contributed by atoms with van der Waals surface area (Å²) in [6.07, 6.45) is 3.90. The minimum absolute atomic E-state index is 0.239. The number of hydrogen-bond donors (Lipinski definition) is 3. The maximum atomic E-state index is 9.45. The summed E-state index contributed by atoms with van der Waals surface area (Å²) in [5.41, 5.74) is 2.23. The van der Waals surface area contributed by atoms with Crippen molar-refractivity contribution >= 4 is 5.95 Å². The zero-order chi connectivity index (χ0) is 16.1. The molecule has 2 heterocycles. The standard InChI is InChI=1S/C16H26N4O3/c21-11-12(22)5-10-23-15-13-3-1-2-4-14(13)18-16(19-15)20-8-6-17-7-9-20/h12,17,21-22H,1-11H2/t12-/m0/s1. The number of anilines is 1. The van der Waals surface area contributed by atoms with Gasteiger partial charge in [-0.05, 0) is 25.7 Å². The largest absolute Gasteiger partial charge is 0.477 e. The monoisotopic (exact) mass is 322 g/mol. The molecule has 7 nitrogen and oxygen atoms in total. The summed E-state index contributed by atoms with van der Waals surface area (Å²) in [5.74, 6) is 1.42. The molecule has 1 aliphatic heterocycles. The molecular weight excluding hydrogens is 296 g/mol. The molecule has 0 spiro atoms. The van der Waals surface area contributed by atoms with Gasteiger partial charge in [0.2, 0.25) is 11.8 Å². The first-order valence-electron chi connectivity index (χ1n) is 8.55. The Kier molecular flexibility index (Phi) is 5.64. The van der Waals surface area contributed by atoms with Crippen LogP contribution in [0.2, 0.25) is 0 Å². The minimum atomic E-state index is -0.736.